The third-order valence-electron chi connectivity index (χ3n) is 4.71. The van der Waals surface area contributed by atoms with E-state index in [0.717, 1.165) is 5.56 Å². The van der Waals surface area contributed by atoms with Crippen molar-refractivity contribution in [3.05, 3.63) is 95.8 Å². The van der Waals surface area contributed by atoms with Crippen LogP contribution in [0.5, 0.6) is 0 Å². The van der Waals surface area contributed by atoms with Crippen LogP contribution in [0.1, 0.15) is 15.9 Å². The van der Waals surface area contributed by atoms with E-state index in [0.29, 0.717) is 5.69 Å². The molecular weight excluding hydrogens is 433 g/mol. The number of halogens is 1. The lowest BCUT2D eigenvalue weighted by Crippen LogP contribution is -2.45. The number of rotatable bonds is 8. The van der Waals surface area contributed by atoms with E-state index in [1.165, 1.54) is 55.6 Å². The SMILES string of the molecule is CNS(=O)(=O)c1ccc(NC(=O)[C@H](Cc2ccccc2)NC(=O)c2ccc(F)cc2)cc1. The lowest BCUT2D eigenvalue weighted by atomic mass is 10.0. The van der Waals surface area contributed by atoms with Gasteiger partial charge in [0.1, 0.15) is 11.9 Å². The summed E-state index contributed by atoms with van der Waals surface area (Å²) in [5, 5.41) is 5.38. The fraction of sp³-hybridized carbons (Fsp3) is 0.130. The zero-order valence-corrected chi connectivity index (χ0v) is 18.0. The van der Waals surface area contributed by atoms with E-state index < -0.39 is 33.7 Å². The molecule has 0 aliphatic carbocycles. The maximum Gasteiger partial charge on any atom is 0.251 e. The number of amides is 2. The molecule has 0 fully saturated rings. The molecular formula is C23H22FN3O4S. The van der Waals surface area contributed by atoms with Crippen LogP contribution in [0, 0.1) is 5.82 Å². The van der Waals surface area contributed by atoms with Crippen molar-refractivity contribution in [2.75, 3.05) is 12.4 Å². The third-order valence-corrected chi connectivity index (χ3v) is 6.14. The first-order valence-electron chi connectivity index (χ1n) is 9.73. The Morgan fingerprint density at radius 2 is 1.53 bits per heavy atom. The number of benzene rings is 3. The fourth-order valence-corrected chi connectivity index (χ4v) is 3.70. The zero-order chi connectivity index (χ0) is 23.1. The van der Waals surface area contributed by atoms with E-state index in [2.05, 4.69) is 15.4 Å². The number of sulfonamides is 1. The Labute approximate surface area is 185 Å². The molecule has 0 heterocycles. The minimum Gasteiger partial charge on any atom is -0.340 e. The summed E-state index contributed by atoms with van der Waals surface area (Å²) in [5.41, 5.74) is 1.43. The van der Waals surface area contributed by atoms with Crippen molar-refractivity contribution in [3.8, 4) is 0 Å². The van der Waals surface area contributed by atoms with Crippen LogP contribution in [-0.2, 0) is 21.2 Å². The van der Waals surface area contributed by atoms with Crippen LogP contribution in [0.15, 0.2) is 83.8 Å². The van der Waals surface area contributed by atoms with E-state index >= 15 is 0 Å². The number of anilines is 1. The monoisotopic (exact) mass is 455 g/mol. The summed E-state index contributed by atoms with van der Waals surface area (Å²) in [6.07, 6.45) is 0.228. The van der Waals surface area contributed by atoms with Gasteiger partial charge in [-0.15, -0.1) is 0 Å². The summed E-state index contributed by atoms with van der Waals surface area (Å²) in [6, 6.07) is 18.9. The minimum atomic E-state index is -3.60. The number of carbonyl (C=O) groups excluding carboxylic acids is 2. The normalized spacial score (nSPS) is 12.1. The van der Waals surface area contributed by atoms with E-state index in [-0.39, 0.29) is 16.9 Å². The Kier molecular flexibility index (Phi) is 7.34. The summed E-state index contributed by atoms with van der Waals surface area (Å²) in [7, 11) is -2.29. The Bertz CT molecular complexity index is 1180. The van der Waals surface area contributed by atoms with Gasteiger partial charge in [-0.1, -0.05) is 30.3 Å². The molecule has 32 heavy (non-hydrogen) atoms. The van der Waals surface area contributed by atoms with Gasteiger partial charge in [-0.3, -0.25) is 9.59 Å². The molecule has 9 heteroatoms. The second kappa shape index (κ2) is 10.2. The van der Waals surface area contributed by atoms with Gasteiger partial charge in [0, 0.05) is 17.7 Å². The first-order valence-corrected chi connectivity index (χ1v) is 11.2. The molecule has 0 unspecified atom stereocenters. The van der Waals surface area contributed by atoms with Crippen LogP contribution in [0.25, 0.3) is 0 Å². The molecule has 2 amide bonds. The molecule has 166 valence electrons. The largest absolute Gasteiger partial charge is 0.340 e. The smallest absolute Gasteiger partial charge is 0.251 e. The lowest BCUT2D eigenvalue weighted by Gasteiger charge is -2.19. The van der Waals surface area contributed by atoms with Crippen LogP contribution >= 0.6 is 0 Å². The summed E-state index contributed by atoms with van der Waals surface area (Å²) in [6.45, 7) is 0. The average molecular weight is 456 g/mol. The van der Waals surface area contributed by atoms with Crippen LogP contribution in [0.4, 0.5) is 10.1 Å². The summed E-state index contributed by atoms with van der Waals surface area (Å²) < 4.78 is 39.1. The molecule has 3 rings (SSSR count). The highest BCUT2D eigenvalue weighted by Gasteiger charge is 2.22. The molecule has 1 atom stereocenters. The standard InChI is InChI=1S/C23H22FN3O4S/c1-25-32(30,31)20-13-11-19(12-14-20)26-23(29)21(15-16-5-3-2-4-6-16)27-22(28)17-7-9-18(24)10-8-17/h2-14,21,25H,15H2,1H3,(H,26,29)(H,27,28)/t21-/m0/s1. The Hall–Kier alpha value is -3.56. The molecule has 3 aromatic carbocycles. The Balaban J connectivity index is 1.78. The summed E-state index contributed by atoms with van der Waals surface area (Å²) in [4.78, 5) is 25.6. The first-order chi connectivity index (χ1) is 15.3. The van der Waals surface area contributed by atoms with Gasteiger partial charge in [0.05, 0.1) is 4.90 Å². The van der Waals surface area contributed by atoms with E-state index in [4.69, 9.17) is 0 Å². The molecule has 0 aliphatic rings. The molecule has 0 spiro atoms. The van der Waals surface area contributed by atoms with E-state index in [1.807, 2.05) is 30.3 Å². The first kappa shape index (κ1) is 23.1. The minimum absolute atomic E-state index is 0.0587. The van der Waals surface area contributed by atoms with E-state index in [9.17, 15) is 22.4 Å². The number of nitrogens with one attached hydrogen (secondary N) is 3. The highest BCUT2D eigenvalue weighted by Crippen LogP contribution is 2.15. The van der Waals surface area contributed by atoms with Crippen molar-refractivity contribution in [2.45, 2.75) is 17.4 Å². The van der Waals surface area contributed by atoms with Crippen LogP contribution in [-0.4, -0.2) is 33.3 Å². The van der Waals surface area contributed by atoms with Crippen LogP contribution in [0.3, 0.4) is 0 Å². The quantitative estimate of drug-likeness (QED) is 0.486. The van der Waals surface area contributed by atoms with Crippen molar-refractivity contribution in [2.24, 2.45) is 0 Å². The highest BCUT2D eigenvalue weighted by atomic mass is 32.2. The molecule has 0 aliphatic heterocycles. The van der Waals surface area contributed by atoms with Crippen molar-refractivity contribution >= 4 is 27.5 Å². The van der Waals surface area contributed by atoms with Gasteiger partial charge in [-0.25, -0.2) is 17.5 Å². The van der Waals surface area contributed by atoms with Gasteiger partial charge < -0.3 is 10.6 Å². The van der Waals surface area contributed by atoms with Gasteiger partial charge >= 0.3 is 0 Å². The second-order valence-corrected chi connectivity index (χ2v) is 8.83. The van der Waals surface area contributed by atoms with Crippen molar-refractivity contribution < 1.29 is 22.4 Å². The molecule has 0 saturated carbocycles. The molecule has 0 aromatic heterocycles. The maximum atomic E-state index is 13.2. The molecule has 3 N–H and O–H groups in total. The highest BCUT2D eigenvalue weighted by molar-refractivity contribution is 7.89. The predicted molar refractivity (Wildman–Crippen MR) is 119 cm³/mol. The molecule has 0 radical (unpaired) electrons. The van der Waals surface area contributed by atoms with Gasteiger partial charge in [-0.05, 0) is 61.1 Å². The maximum absolute atomic E-state index is 13.2. The molecule has 0 saturated heterocycles. The molecule has 7 nitrogen and oxygen atoms in total. The lowest BCUT2D eigenvalue weighted by molar-refractivity contribution is -0.118. The van der Waals surface area contributed by atoms with Gasteiger partial charge in [-0.2, -0.15) is 0 Å². The van der Waals surface area contributed by atoms with Crippen molar-refractivity contribution in [1.82, 2.24) is 10.0 Å². The molecule has 3 aromatic rings. The number of hydrogen-bond acceptors (Lipinski definition) is 4. The van der Waals surface area contributed by atoms with Crippen LogP contribution in [0.2, 0.25) is 0 Å². The van der Waals surface area contributed by atoms with Gasteiger partial charge in [0.2, 0.25) is 15.9 Å². The van der Waals surface area contributed by atoms with Crippen LogP contribution < -0.4 is 15.4 Å². The number of hydrogen-bond donors (Lipinski definition) is 3. The van der Waals surface area contributed by atoms with Gasteiger partial charge in [0.25, 0.3) is 5.91 Å². The number of carbonyl (C=O) groups is 2. The van der Waals surface area contributed by atoms with E-state index in [1.54, 1.807) is 0 Å². The third kappa shape index (κ3) is 5.99. The Morgan fingerprint density at radius 3 is 2.12 bits per heavy atom. The molecule has 0 bridgehead atoms. The summed E-state index contributed by atoms with van der Waals surface area (Å²) >= 11 is 0. The van der Waals surface area contributed by atoms with Gasteiger partial charge in [0.15, 0.2) is 0 Å². The predicted octanol–water partition coefficient (Wildman–Crippen LogP) is 2.71. The van der Waals surface area contributed by atoms with Crippen molar-refractivity contribution in [1.29, 1.82) is 0 Å². The topological polar surface area (TPSA) is 104 Å². The summed E-state index contributed by atoms with van der Waals surface area (Å²) in [5.74, 6) is -1.46. The Morgan fingerprint density at radius 1 is 0.906 bits per heavy atom. The van der Waals surface area contributed by atoms with Crippen molar-refractivity contribution in [3.63, 3.8) is 0 Å². The average Bonchev–Trinajstić information content (AvgIpc) is 2.80. The second-order valence-electron chi connectivity index (χ2n) is 6.94. The zero-order valence-electron chi connectivity index (χ0n) is 17.2. The fourth-order valence-electron chi connectivity index (χ4n) is 2.97.